The molecule has 1 amide bonds. The summed E-state index contributed by atoms with van der Waals surface area (Å²) in [4.78, 5) is 16.6. The fourth-order valence-electron chi connectivity index (χ4n) is 1.79. The second-order valence-electron chi connectivity index (χ2n) is 5.53. The van der Waals surface area contributed by atoms with Gasteiger partial charge in [-0.2, -0.15) is 0 Å². The zero-order valence-corrected chi connectivity index (χ0v) is 18.1. The second-order valence-corrected chi connectivity index (χ2v) is 6.70. The Hall–Kier alpha value is -1.03. The van der Waals surface area contributed by atoms with Crippen molar-refractivity contribution >= 4 is 47.6 Å². The van der Waals surface area contributed by atoms with Crippen LogP contribution in [0.1, 0.15) is 20.3 Å². The maximum atomic E-state index is 12.8. The highest BCUT2D eigenvalue weighted by molar-refractivity contribution is 14.0. The number of guanidine groups is 1. The van der Waals surface area contributed by atoms with E-state index >= 15 is 0 Å². The number of carbonyl (C=O) groups excluding carboxylic acids is 1. The smallest absolute Gasteiger partial charge is 0.222 e. The van der Waals surface area contributed by atoms with Crippen LogP contribution in [0.5, 0.6) is 0 Å². The van der Waals surface area contributed by atoms with Crippen LogP contribution in [0.4, 0.5) is 4.39 Å². The van der Waals surface area contributed by atoms with Gasteiger partial charge in [0.2, 0.25) is 5.91 Å². The highest BCUT2D eigenvalue weighted by Crippen LogP contribution is 2.18. The van der Waals surface area contributed by atoms with E-state index in [-0.39, 0.29) is 41.6 Å². The lowest BCUT2D eigenvalue weighted by molar-refractivity contribution is -0.123. The van der Waals surface area contributed by atoms with Crippen molar-refractivity contribution in [1.82, 2.24) is 16.0 Å². The van der Waals surface area contributed by atoms with Crippen molar-refractivity contribution < 1.29 is 9.18 Å². The van der Waals surface area contributed by atoms with Crippen LogP contribution in [0.25, 0.3) is 0 Å². The van der Waals surface area contributed by atoms with Gasteiger partial charge in [-0.1, -0.05) is 13.8 Å². The standard InChI is InChI=1S/C17H27FN4OS.HI/c1-13(2)16(23)20-10-11-22-17(19-3)21-9-4-12-24-15-7-5-14(18)6-8-15;/h5-8,13H,4,9-12H2,1-3H3,(H,20,23)(H2,19,21,22);1H. The molecule has 0 radical (unpaired) electrons. The van der Waals surface area contributed by atoms with Gasteiger partial charge in [0.25, 0.3) is 0 Å². The van der Waals surface area contributed by atoms with Crippen molar-refractivity contribution in [2.45, 2.75) is 25.2 Å². The van der Waals surface area contributed by atoms with Gasteiger partial charge in [0.15, 0.2) is 5.96 Å². The Kier molecular flexibility index (Phi) is 13.6. The molecule has 3 N–H and O–H groups in total. The van der Waals surface area contributed by atoms with E-state index < -0.39 is 0 Å². The van der Waals surface area contributed by atoms with E-state index in [4.69, 9.17) is 0 Å². The number of benzene rings is 1. The number of nitrogens with zero attached hydrogens (tertiary/aromatic N) is 1. The van der Waals surface area contributed by atoms with Crippen LogP contribution < -0.4 is 16.0 Å². The summed E-state index contributed by atoms with van der Waals surface area (Å²) in [5, 5.41) is 9.23. The summed E-state index contributed by atoms with van der Waals surface area (Å²) in [7, 11) is 1.72. The molecule has 8 heteroatoms. The first-order chi connectivity index (χ1) is 11.5. The van der Waals surface area contributed by atoms with Crippen LogP contribution in [0.3, 0.4) is 0 Å². The molecule has 1 rings (SSSR count). The number of hydrogen-bond donors (Lipinski definition) is 3. The first-order valence-corrected chi connectivity index (χ1v) is 9.12. The summed E-state index contributed by atoms with van der Waals surface area (Å²) in [6, 6.07) is 6.54. The van der Waals surface area contributed by atoms with Crippen LogP contribution in [0, 0.1) is 11.7 Å². The van der Waals surface area contributed by atoms with Gasteiger partial charge < -0.3 is 16.0 Å². The van der Waals surface area contributed by atoms with E-state index in [1.165, 1.54) is 12.1 Å². The third kappa shape index (κ3) is 11.2. The zero-order valence-electron chi connectivity index (χ0n) is 15.0. The Balaban J connectivity index is 0.00000576. The highest BCUT2D eigenvalue weighted by atomic mass is 127. The molecule has 0 saturated carbocycles. The van der Waals surface area contributed by atoms with E-state index in [1.54, 1.807) is 30.9 Å². The Morgan fingerprint density at radius 3 is 2.32 bits per heavy atom. The van der Waals surface area contributed by atoms with E-state index in [0.29, 0.717) is 13.1 Å². The topological polar surface area (TPSA) is 65.5 Å². The molecule has 0 saturated heterocycles. The summed E-state index contributed by atoms with van der Waals surface area (Å²) < 4.78 is 12.8. The van der Waals surface area contributed by atoms with Gasteiger partial charge in [-0.15, -0.1) is 35.7 Å². The fourth-order valence-corrected chi connectivity index (χ4v) is 2.64. The minimum Gasteiger partial charge on any atom is -0.356 e. The summed E-state index contributed by atoms with van der Waals surface area (Å²) >= 11 is 1.70. The van der Waals surface area contributed by atoms with Gasteiger partial charge in [0, 0.05) is 37.5 Å². The molecule has 0 spiro atoms. The fraction of sp³-hybridized carbons (Fsp3) is 0.529. The van der Waals surface area contributed by atoms with Crippen LogP contribution in [0.2, 0.25) is 0 Å². The summed E-state index contributed by atoms with van der Waals surface area (Å²) in [5.74, 6) is 1.51. The van der Waals surface area contributed by atoms with Crippen molar-refractivity contribution in [2.75, 3.05) is 32.4 Å². The number of thioether (sulfide) groups is 1. The molecule has 0 heterocycles. The lowest BCUT2D eigenvalue weighted by Gasteiger charge is -2.13. The lowest BCUT2D eigenvalue weighted by atomic mass is 10.2. The lowest BCUT2D eigenvalue weighted by Crippen LogP contribution is -2.42. The van der Waals surface area contributed by atoms with E-state index in [0.717, 1.165) is 29.6 Å². The second kappa shape index (κ2) is 14.2. The molecule has 0 fully saturated rings. The summed E-state index contributed by atoms with van der Waals surface area (Å²) in [6.45, 7) is 5.73. The average molecular weight is 482 g/mol. The number of nitrogens with one attached hydrogen (secondary N) is 3. The third-order valence-corrected chi connectivity index (χ3v) is 4.26. The van der Waals surface area contributed by atoms with Crippen LogP contribution in [-0.2, 0) is 4.79 Å². The molecule has 0 aromatic heterocycles. The van der Waals surface area contributed by atoms with Gasteiger partial charge >= 0.3 is 0 Å². The maximum absolute atomic E-state index is 12.8. The minimum absolute atomic E-state index is 0. The Morgan fingerprint density at radius 2 is 1.72 bits per heavy atom. The Bertz CT molecular complexity index is 526. The monoisotopic (exact) mass is 482 g/mol. The van der Waals surface area contributed by atoms with Gasteiger partial charge in [-0.3, -0.25) is 9.79 Å². The van der Waals surface area contributed by atoms with Crippen molar-refractivity contribution in [3.8, 4) is 0 Å². The van der Waals surface area contributed by atoms with E-state index in [9.17, 15) is 9.18 Å². The van der Waals surface area contributed by atoms with Crippen molar-refractivity contribution in [3.05, 3.63) is 30.1 Å². The van der Waals surface area contributed by atoms with E-state index in [2.05, 4.69) is 20.9 Å². The number of amides is 1. The molecule has 0 unspecified atom stereocenters. The van der Waals surface area contributed by atoms with Crippen LogP contribution in [0.15, 0.2) is 34.2 Å². The summed E-state index contributed by atoms with van der Waals surface area (Å²) in [6.07, 6.45) is 0.965. The van der Waals surface area contributed by atoms with Gasteiger partial charge in [-0.05, 0) is 36.4 Å². The molecule has 142 valence electrons. The van der Waals surface area contributed by atoms with E-state index in [1.807, 2.05) is 13.8 Å². The Labute approximate surface area is 171 Å². The first kappa shape index (κ1) is 24.0. The minimum atomic E-state index is -0.208. The molecule has 0 aliphatic carbocycles. The largest absolute Gasteiger partial charge is 0.356 e. The maximum Gasteiger partial charge on any atom is 0.222 e. The predicted octanol–water partition coefficient (Wildman–Crippen LogP) is 2.86. The molecule has 0 bridgehead atoms. The molecule has 0 atom stereocenters. The van der Waals surface area contributed by atoms with Gasteiger partial charge in [0.05, 0.1) is 0 Å². The van der Waals surface area contributed by atoms with Crippen molar-refractivity contribution in [1.29, 1.82) is 0 Å². The molecule has 0 aliphatic rings. The number of halogens is 2. The number of aliphatic imine (C=N–C) groups is 1. The quantitative estimate of drug-likeness (QED) is 0.167. The number of hydrogen-bond acceptors (Lipinski definition) is 3. The average Bonchev–Trinajstić information content (AvgIpc) is 2.57. The molecule has 25 heavy (non-hydrogen) atoms. The Morgan fingerprint density at radius 1 is 1.12 bits per heavy atom. The normalized spacial score (nSPS) is 11.0. The molecule has 0 aliphatic heterocycles. The van der Waals surface area contributed by atoms with Gasteiger partial charge in [-0.25, -0.2) is 4.39 Å². The van der Waals surface area contributed by atoms with Crippen molar-refractivity contribution in [2.24, 2.45) is 10.9 Å². The van der Waals surface area contributed by atoms with Crippen molar-refractivity contribution in [3.63, 3.8) is 0 Å². The van der Waals surface area contributed by atoms with Crippen LogP contribution >= 0.6 is 35.7 Å². The van der Waals surface area contributed by atoms with Gasteiger partial charge in [0.1, 0.15) is 5.82 Å². The molecular weight excluding hydrogens is 454 g/mol. The molecule has 1 aromatic carbocycles. The predicted molar refractivity (Wildman–Crippen MR) is 114 cm³/mol. The number of carbonyl (C=O) groups is 1. The first-order valence-electron chi connectivity index (χ1n) is 8.13. The summed E-state index contributed by atoms with van der Waals surface area (Å²) in [5.41, 5.74) is 0. The zero-order chi connectivity index (χ0) is 17.8. The molecule has 5 nitrogen and oxygen atoms in total. The SMILES string of the molecule is CN=C(NCCCSc1ccc(F)cc1)NCCNC(=O)C(C)C.I. The number of rotatable bonds is 9. The molecular formula is C17H28FIN4OS. The molecule has 1 aromatic rings. The third-order valence-electron chi connectivity index (χ3n) is 3.16. The highest BCUT2D eigenvalue weighted by Gasteiger charge is 2.05. The van der Waals surface area contributed by atoms with Crippen LogP contribution in [-0.4, -0.2) is 44.3 Å².